The number of anilines is 1. The van der Waals surface area contributed by atoms with Crippen LogP contribution in [-0.2, 0) is 11.2 Å². The summed E-state index contributed by atoms with van der Waals surface area (Å²) in [4.78, 5) is 11.8. The predicted molar refractivity (Wildman–Crippen MR) is 90.3 cm³/mol. The Kier molecular flexibility index (Phi) is 4.86. The van der Waals surface area contributed by atoms with Crippen LogP contribution in [0.4, 0.5) is 10.5 Å². The van der Waals surface area contributed by atoms with Gasteiger partial charge in [0.2, 0.25) is 0 Å². The smallest absolute Gasteiger partial charge is 0.412 e. The van der Waals surface area contributed by atoms with Crippen molar-refractivity contribution in [3.63, 3.8) is 0 Å². The van der Waals surface area contributed by atoms with Gasteiger partial charge in [0.15, 0.2) is 0 Å². The Bertz CT molecular complexity index is 642. The van der Waals surface area contributed by atoms with E-state index in [1.165, 1.54) is 11.1 Å². The Morgan fingerprint density at radius 3 is 2.32 bits per heavy atom. The van der Waals surface area contributed by atoms with Crippen LogP contribution in [0.25, 0.3) is 0 Å². The minimum Gasteiger partial charge on any atom is -0.444 e. The number of carbonyl (C=O) groups is 1. The summed E-state index contributed by atoms with van der Waals surface area (Å²) in [7, 11) is 0. The molecule has 0 fully saturated rings. The molecule has 116 valence electrons. The molecular weight excluding hydrogens is 274 g/mol. The second-order valence-electron chi connectivity index (χ2n) is 6.44. The van der Waals surface area contributed by atoms with Crippen LogP contribution in [0.2, 0.25) is 0 Å². The zero-order valence-corrected chi connectivity index (χ0v) is 13.6. The molecule has 0 spiro atoms. The zero-order chi connectivity index (χ0) is 16.2. The quantitative estimate of drug-likeness (QED) is 0.872. The van der Waals surface area contributed by atoms with E-state index in [2.05, 4.69) is 23.5 Å². The number of nitrogens with one attached hydrogen (secondary N) is 1. The van der Waals surface area contributed by atoms with Gasteiger partial charge in [-0.2, -0.15) is 0 Å². The maximum atomic E-state index is 11.8. The molecule has 2 rings (SSSR count). The van der Waals surface area contributed by atoms with Crippen LogP contribution in [0.1, 0.15) is 37.5 Å². The summed E-state index contributed by atoms with van der Waals surface area (Å²) in [6, 6.07) is 16.4. The van der Waals surface area contributed by atoms with E-state index >= 15 is 0 Å². The SMILES string of the molecule is Cc1cc(Cc2ccccc2)ccc1NC(=O)OC(C)(C)C. The van der Waals surface area contributed by atoms with E-state index in [0.717, 1.165) is 17.7 Å². The summed E-state index contributed by atoms with van der Waals surface area (Å²) in [5.74, 6) is 0. The van der Waals surface area contributed by atoms with Crippen LogP contribution >= 0.6 is 0 Å². The molecule has 1 N–H and O–H groups in total. The predicted octanol–water partition coefficient (Wildman–Crippen LogP) is 4.93. The van der Waals surface area contributed by atoms with E-state index in [4.69, 9.17) is 4.74 Å². The topological polar surface area (TPSA) is 38.3 Å². The summed E-state index contributed by atoms with van der Waals surface area (Å²) in [6.07, 6.45) is 0.459. The lowest BCUT2D eigenvalue weighted by atomic mass is 10.0. The van der Waals surface area contributed by atoms with Gasteiger partial charge in [-0.25, -0.2) is 4.79 Å². The van der Waals surface area contributed by atoms with E-state index < -0.39 is 11.7 Å². The summed E-state index contributed by atoms with van der Waals surface area (Å²) in [6.45, 7) is 7.54. The molecule has 22 heavy (non-hydrogen) atoms. The van der Waals surface area contributed by atoms with Crippen molar-refractivity contribution in [3.05, 3.63) is 65.2 Å². The first-order valence-electron chi connectivity index (χ1n) is 7.47. The van der Waals surface area contributed by atoms with Crippen LogP contribution in [0.3, 0.4) is 0 Å². The first-order chi connectivity index (χ1) is 10.3. The van der Waals surface area contributed by atoms with Gasteiger partial charge in [0.1, 0.15) is 5.60 Å². The molecule has 0 aliphatic carbocycles. The number of amides is 1. The summed E-state index contributed by atoms with van der Waals surface area (Å²) in [5.41, 5.74) is 3.81. The summed E-state index contributed by atoms with van der Waals surface area (Å²) in [5, 5.41) is 2.80. The molecule has 0 heterocycles. The number of aryl methyl sites for hydroxylation is 1. The average molecular weight is 297 g/mol. The van der Waals surface area contributed by atoms with Crippen LogP contribution in [-0.4, -0.2) is 11.7 Å². The Labute approximate surface area is 132 Å². The number of ether oxygens (including phenoxy) is 1. The second kappa shape index (κ2) is 6.65. The lowest BCUT2D eigenvalue weighted by Gasteiger charge is -2.20. The largest absolute Gasteiger partial charge is 0.444 e. The second-order valence-corrected chi connectivity index (χ2v) is 6.44. The van der Waals surface area contributed by atoms with Gasteiger partial charge >= 0.3 is 6.09 Å². The van der Waals surface area contributed by atoms with E-state index in [1.54, 1.807) is 0 Å². The first kappa shape index (κ1) is 16.1. The number of hydrogen-bond acceptors (Lipinski definition) is 2. The third-order valence-corrected chi connectivity index (χ3v) is 3.18. The summed E-state index contributed by atoms with van der Waals surface area (Å²) < 4.78 is 5.27. The van der Waals surface area contributed by atoms with E-state index in [-0.39, 0.29) is 0 Å². The Morgan fingerprint density at radius 1 is 1.05 bits per heavy atom. The van der Waals surface area contributed by atoms with Gasteiger partial charge in [-0.3, -0.25) is 5.32 Å². The van der Waals surface area contributed by atoms with Gasteiger partial charge in [-0.05, 0) is 56.9 Å². The highest BCUT2D eigenvalue weighted by Crippen LogP contribution is 2.20. The molecule has 2 aromatic carbocycles. The van der Waals surface area contributed by atoms with E-state index in [1.807, 2.05) is 58.0 Å². The molecule has 0 radical (unpaired) electrons. The van der Waals surface area contributed by atoms with Crippen LogP contribution in [0, 0.1) is 6.92 Å². The van der Waals surface area contributed by atoms with Crippen molar-refractivity contribution in [1.82, 2.24) is 0 Å². The molecule has 0 aliphatic heterocycles. The van der Waals surface area contributed by atoms with Crippen molar-refractivity contribution < 1.29 is 9.53 Å². The normalized spacial score (nSPS) is 11.1. The van der Waals surface area contributed by atoms with Crippen molar-refractivity contribution >= 4 is 11.8 Å². The standard InChI is InChI=1S/C19H23NO2/c1-14-12-16(13-15-8-6-5-7-9-15)10-11-17(14)20-18(21)22-19(2,3)4/h5-12H,13H2,1-4H3,(H,20,21). The molecule has 3 nitrogen and oxygen atoms in total. The van der Waals surface area contributed by atoms with Crippen molar-refractivity contribution in [3.8, 4) is 0 Å². The highest BCUT2D eigenvalue weighted by atomic mass is 16.6. The molecule has 0 aromatic heterocycles. The van der Waals surface area contributed by atoms with Crippen molar-refractivity contribution in [2.24, 2.45) is 0 Å². The van der Waals surface area contributed by atoms with Crippen LogP contribution in [0.5, 0.6) is 0 Å². The van der Waals surface area contributed by atoms with E-state index in [0.29, 0.717) is 0 Å². The number of hydrogen-bond donors (Lipinski definition) is 1. The number of rotatable bonds is 3. The molecule has 0 unspecified atom stereocenters. The highest BCUT2D eigenvalue weighted by Gasteiger charge is 2.16. The average Bonchev–Trinajstić information content (AvgIpc) is 2.41. The fraction of sp³-hybridized carbons (Fsp3) is 0.316. The van der Waals surface area contributed by atoms with Gasteiger partial charge in [0.05, 0.1) is 0 Å². The molecular formula is C19H23NO2. The maximum absolute atomic E-state index is 11.8. The molecule has 0 saturated carbocycles. The molecule has 0 bridgehead atoms. The van der Waals surface area contributed by atoms with Crippen molar-refractivity contribution in [1.29, 1.82) is 0 Å². The molecule has 0 atom stereocenters. The Balaban J connectivity index is 2.05. The van der Waals surface area contributed by atoms with Gasteiger partial charge in [0.25, 0.3) is 0 Å². The number of benzene rings is 2. The maximum Gasteiger partial charge on any atom is 0.412 e. The number of carbonyl (C=O) groups excluding carboxylic acids is 1. The molecule has 1 amide bonds. The monoisotopic (exact) mass is 297 g/mol. The van der Waals surface area contributed by atoms with Crippen LogP contribution < -0.4 is 5.32 Å². The Hall–Kier alpha value is -2.29. The van der Waals surface area contributed by atoms with Gasteiger partial charge in [-0.15, -0.1) is 0 Å². The third-order valence-electron chi connectivity index (χ3n) is 3.18. The van der Waals surface area contributed by atoms with Gasteiger partial charge in [0, 0.05) is 5.69 Å². The summed E-state index contributed by atoms with van der Waals surface area (Å²) >= 11 is 0. The highest BCUT2D eigenvalue weighted by molar-refractivity contribution is 5.85. The molecule has 2 aromatic rings. The minimum atomic E-state index is -0.495. The van der Waals surface area contributed by atoms with Gasteiger partial charge in [-0.1, -0.05) is 42.5 Å². The minimum absolute atomic E-state index is 0.425. The Morgan fingerprint density at radius 2 is 1.73 bits per heavy atom. The molecule has 3 heteroatoms. The third kappa shape index (κ3) is 4.92. The van der Waals surface area contributed by atoms with Crippen molar-refractivity contribution in [2.75, 3.05) is 5.32 Å². The zero-order valence-electron chi connectivity index (χ0n) is 13.6. The lowest BCUT2D eigenvalue weighted by Crippen LogP contribution is -2.27. The van der Waals surface area contributed by atoms with E-state index in [9.17, 15) is 4.79 Å². The molecule has 0 saturated heterocycles. The fourth-order valence-electron chi connectivity index (χ4n) is 2.22. The first-order valence-corrected chi connectivity index (χ1v) is 7.47. The fourth-order valence-corrected chi connectivity index (χ4v) is 2.22. The van der Waals surface area contributed by atoms with Crippen LogP contribution in [0.15, 0.2) is 48.5 Å². The molecule has 0 aliphatic rings. The van der Waals surface area contributed by atoms with Crippen molar-refractivity contribution in [2.45, 2.75) is 39.7 Å². The van der Waals surface area contributed by atoms with Gasteiger partial charge < -0.3 is 4.74 Å². The lowest BCUT2D eigenvalue weighted by molar-refractivity contribution is 0.0636.